The van der Waals surface area contributed by atoms with E-state index in [9.17, 15) is 19.5 Å². The van der Waals surface area contributed by atoms with E-state index in [1.807, 2.05) is 0 Å². The van der Waals surface area contributed by atoms with E-state index in [0.29, 0.717) is 23.7 Å². The van der Waals surface area contributed by atoms with Crippen molar-refractivity contribution in [3.63, 3.8) is 0 Å². The highest BCUT2D eigenvalue weighted by Crippen LogP contribution is 2.24. The fourth-order valence-corrected chi connectivity index (χ4v) is 3.41. The second-order valence-electron chi connectivity index (χ2n) is 6.26. The molecule has 1 aromatic heterocycles. The molecule has 126 valence electrons. The average molecular weight is 328 g/mol. The highest BCUT2D eigenvalue weighted by Gasteiger charge is 2.31. The van der Waals surface area contributed by atoms with Gasteiger partial charge in [0.25, 0.3) is 5.91 Å². The number of pyridine rings is 1. The summed E-state index contributed by atoms with van der Waals surface area (Å²) in [7, 11) is 0. The summed E-state index contributed by atoms with van der Waals surface area (Å²) >= 11 is 0. The van der Waals surface area contributed by atoms with Gasteiger partial charge < -0.3 is 15.4 Å². The summed E-state index contributed by atoms with van der Waals surface area (Å²) in [6, 6.07) is 7.94. The van der Waals surface area contributed by atoms with Crippen molar-refractivity contribution in [2.45, 2.75) is 38.1 Å². The lowest BCUT2D eigenvalue weighted by molar-refractivity contribution is -0.142. The number of amides is 1. The highest BCUT2D eigenvalue weighted by molar-refractivity contribution is 6.06. The Morgan fingerprint density at radius 3 is 2.67 bits per heavy atom. The minimum atomic E-state index is -0.877. The van der Waals surface area contributed by atoms with Gasteiger partial charge in [-0.1, -0.05) is 37.5 Å². The fraction of sp³-hybridized carbons (Fsp3) is 0.389. The molecule has 1 saturated carbocycles. The minimum Gasteiger partial charge on any atom is -0.481 e. The number of carboxylic acid groups (broad SMARTS) is 1. The summed E-state index contributed by atoms with van der Waals surface area (Å²) in [5.41, 5.74) is 0.517. The number of carbonyl (C=O) groups excluding carboxylic acids is 1. The van der Waals surface area contributed by atoms with Gasteiger partial charge in [-0.05, 0) is 18.9 Å². The van der Waals surface area contributed by atoms with Crippen LogP contribution in [0.15, 0.2) is 35.1 Å². The van der Waals surface area contributed by atoms with Crippen molar-refractivity contribution in [1.82, 2.24) is 10.3 Å². The number of nitrogens with one attached hydrogen (secondary N) is 2. The van der Waals surface area contributed by atoms with E-state index in [0.717, 1.165) is 19.3 Å². The Balaban J connectivity index is 1.91. The predicted octanol–water partition coefficient (Wildman–Crippen LogP) is 2.29. The number of hydrogen-bond acceptors (Lipinski definition) is 3. The first-order valence-electron chi connectivity index (χ1n) is 8.22. The van der Waals surface area contributed by atoms with Gasteiger partial charge in [0.1, 0.15) is 0 Å². The van der Waals surface area contributed by atoms with Crippen molar-refractivity contribution in [2.24, 2.45) is 5.92 Å². The van der Waals surface area contributed by atoms with Gasteiger partial charge in [-0.15, -0.1) is 0 Å². The van der Waals surface area contributed by atoms with Crippen LogP contribution in [0.2, 0.25) is 0 Å². The zero-order chi connectivity index (χ0) is 17.1. The first kappa shape index (κ1) is 16.2. The number of H-pyrrole nitrogens is 1. The Bertz CT molecular complexity index is 827. The molecule has 0 aliphatic heterocycles. The number of carboxylic acids is 1. The molecule has 6 nitrogen and oxygen atoms in total. The maximum absolute atomic E-state index is 12.7. The zero-order valence-electron chi connectivity index (χ0n) is 13.2. The van der Waals surface area contributed by atoms with Crippen LogP contribution in [0.4, 0.5) is 0 Å². The largest absolute Gasteiger partial charge is 0.481 e. The number of carbonyl (C=O) groups is 2. The number of rotatable bonds is 3. The lowest BCUT2D eigenvalue weighted by Gasteiger charge is -2.23. The van der Waals surface area contributed by atoms with E-state index >= 15 is 0 Å². The number of aromatic nitrogens is 1. The molecule has 1 aliphatic rings. The first-order chi connectivity index (χ1) is 11.6. The number of fused-ring (bicyclic) bond motifs is 1. The normalized spacial score (nSPS) is 21.2. The zero-order valence-corrected chi connectivity index (χ0v) is 13.2. The molecule has 24 heavy (non-hydrogen) atoms. The summed E-state index contributed by atoms with van der Waals surface area (Å²) in [5, 5.41) is 12.9. The molecule has 3 rings (SSSR count). The maximum Gasteiger partial charge on any atom is 0.308 e. The van der Waals surface area contributed by atoms with Crippen molar-refractivity contribution >= 4 is 22.8 Å². The molecular weight excluding hydrogens is 308 g/mol. The monoisotopic (exact) mass is 328 g/mol. The first-order valence-corrected chi connectivity index (χ1v) is 8.22. The standard InChI is InChI=1S/C18H20N2O4/c21-16-10-13(11-6-4-5-9-14(11)19-16)17(22)20-15-8-3-1-2-7-12(15)18(23)24/h4-6,9-10,12,15H,1-3,7-8H2,(H,19,21)(H,20,22)(H,23,24)/t12-,15+/m1/s1. The fourth-order valence-electron chi connectivity index (χ4n) is 3.41. The van der Waals surface area contributed by atoms with Crippen molar-refractivity contribution in [3.8, 4) is 0 Å². The van der Waals surface area contributed by atoms with E-state index in [4.69, 9.17) is 0 Å². The molecule has 0 saturated heterocycles. The molecule has 2 aromatic rings. The molecule has 0 spiro atoms. The summed E-state index contributed by atoms with van der Waals surface area (Å²) in [6.45, 7) is 0. The second-order valence-corrected chi connectivity index (χ2v) is 6.26. The van der Waals surface area contributed by atoms with Crippen LogP contribution in [0.25, 0.3) is 10.9 Å². The van der Waals surface area contributed by atoms with Crippen molar-refractivity contribution in [3.05, 3.63) is 46.2 Å². The SMILES string of the molecule is O=C(N[C@H]1CCCCC[C@H]1C(=O)O)c1cc(=O)[nH]c2ccccc12. The van der Waals surface area contributed by atoms with Crippen LogP contribution >= 0.6 is 0 Å². The number of para-hydroxylation sites is 1. The molecule has 0 bridgehead atoms. The number of aliphatic carboxylic acids is 1. The van der Waals surface area contributed by atoms with Gasteiger partial charge in [-0.2, -0.15) is 0 Å². The molecular formula is C18H20N2O4. The van der Waals surface area contributed by atoms with Crippen LogP contribution in [0.3, 0.4) is 0 Å². The van der Waals surface area contributed by atoms with E-state index < -0.39 is 23.8 Å². The lowest BCUT2D eigenvalue weighted by atomic mass is 9.94. The Morgan fingerprint density at radius 2 is 1.88 bits per heavy atom. The molecule has 1 aromatic carbocycles. The summed E-state index contributed by atoms with van der Waals surface area (Å²) in [6.07, 6.45) is 3.94. The molecule has 1 amide bonds. The molecule has 1 aliphatic carbocycles. The van der Waals surface area contributed by atoms with Gasteiger partial charge in [0.15, 0.2) is 0 Å². The summed E-state index contributed by atoms with van der Waals surface area (Å²) in [5.74, 6) is -1.85. The Kier molecular flexibility index (Phi) is 4.64. The lowest BCUT2D eigenvalue weighted by Crippen LogP contribution is -2.43. The maximum atomic E-state index is 12.7. The molecule has 3 N–H and O–H groups in total. The number of aromatic amines is 1. The predicted molar refractivity (Wildman–Crippen MR) is 90.0 cm³/mol. The van der Waals surface area contributed by atoms with Crippen LogP contribution in [-0.2, 0) is 4.79 Å². The van der Waals surface area contributed by atoms with Crippen molar-refractivity contribution in [2.75, 3.05) is 0 Å². The second kappa shape index (κ2) is 6.86. The topological polar surface area (TPSA) is 99.3 Å². The molecule has 0 unspecified atom stereocenters. The van der Waals surface area contributed by atoms with Gasteiger partial charge >= 0.3 is 5.97 Å². The van der Waals surface area contributed by atoms with Gasteiger partial charge in [0.2, 0.25) is 5.56 Å². The van der Waals surface area contributed by atoms with Crippen LogP contribution < -0.4 is 10.9 Å². The molecule has 6 heteroatoms. The average Bonchev–Trinajstić information content (AvgIpc) is 2.79. The Labute approximate surface area is 138 Å². The van der Waals surface area contributed by atoms with Crippen LogP contribution in [0, 0.1) is 5.92 Å². The van der Waals surface area contributed by atoms with Gasteiger partial charge in [-0.25, -0.2) is 0 Å². The molecule has 0 radical (unpaired) electrons. The minimum absolute atomic E-state index is 0.280. The highest BCUT2D eigenvalue weighted by atomic mass is 16.4. The third-order valence-corrected chi connectivity index (χ3v) is 4.64. The number of benzene rings is 1. The molecule has 1 fully saturated rings. The Hall–Kier alpha value is -2.63. The van der Waals surface area contributed by atoms with Gasteiger partial charge in [0.05, 0.1) is 11.5 Å². The third-order valence-electron chi connectivity index (χ3n) is 4.64. The smallest absolute Gasteiger partial charge is 0.308 e. The third kappa shape index (κ3) is 3.32. The van der Waals surface area contributed by atoms with Gasteiger partial charge in [0, 0.05) is 23.0 Å². The molecule has 2 atom stereocenters. The van der Waals surface area contributed by atoms with Crippen LogP contribution in [0.1, 0.15) is 42.5 Å². The number of hydrogen-bond donors (Lipinski definition) is 3. The van der Waals surface area contributed by atoms with Crippen LogP contribution in [-0.4, -0.2) is 28.0 Å². The quantitative estimate of drug-likeness (QED) is 0.753. The van der Waals surface area contributed by atoms with Gasteiger partial charge in [-0.3, -0.25) is 14.4 Å². The molecule has 1 heterocycles. The van der Waals surface area contributed by atoms with E-state index in [2.05, 4.69) is 10.3 Å². The van der Waals surface area contributed by atoms with Crippen LogP contribution in [0.5, 0.6) is 0 Å². The van der Waals surface area contributed by atoms with E-state index in [1.165, 1.54) is 6.07 Å². The van der Waals surface area contributed by atoms with E-state index in [1.54, 1.807) is 24.3 Å². The summed E-state index contributed by atoms with van der Waals surface area (Å²) < 4.78 is 0. The Morgan fingerprint density at radius 1 is 1.12 bits per heavy atom. The summed E-state index contributed by atoms with van der Waals surface area (Å²) in [4.78, 5) is 38.7. The van der Waals surface area contributed by atoms with Crippen molar-refractivity contribution < 1.29 is 14.7 Å². The van der Waals surface area contributed by atoms with E-state index in [-0.39, 0.29) is 11.1 Å². The van der Waals surface area contributed by atoms with Crippen molar-refractivity contribution in [1.29, 1.82) is 0 Å².